The van der Waals surface area contributed by atoms with Crippen molar-refractivity contribution in [3.8, 4) is 0 Å². The summed E-state index contributed by atoms with van der Waals surface area (Å²) in [6, 6.07) is 3.92. The van der Waals surface area contributed by atoms with Crippen molar-refractivity contribution in [2.75, 3.05) is 33.4 Å². The first-order valence-electron chi connectivity index (χ1n) is 14.4. The SMILES string of the molecule is Cc1ccc([C@H]2[C@@H]3CC(CCO)(CCO)C(=O)N3CCN2C(=O)N(C)[C@H](C)c2cc(C(F)(F)F)cc(C(F)(F)F)c2)c(C)c1. The molecule has 2 saturated heterocycles. The number of aliphatic hydroxyl groups is 2. The molecule has 2 N–H and O–H groups in total. The molecule has 2 aromatic rings. The van der Waals surface area contributed by atoms with Crippen LogP contribution in [0.1, 0.15) is 71.7 Å². The Labute approximate surface area is 252 Å². The average molecular weight is 630 g/mol. The number of amides is 3. The minimum Gasteiger partial charge on any atom is -0.396 e. The van der Waals surface area contributed by atoms with Gasteiger partial charge in [0.05, 0.1) is 34.7 Å². The molecule has 2 aromatic carbocycles. The maximum atomic E-state index is 14.1. The van der Waals surface area contributed by atoms with Crippen molar-refractivity contribution in [3.05, 3.63) is 69.8 Å². The van der Waals surface area contributed by atoms with Gasteiger partial charge in [-0.2, -0.15) is 26.3 Å². The van der Waals surface area contributed by atoms with Crippen molar-refractivity contribution in [1.29, 1.82) is 0 Å². The van der Waals surface area contributed by atoms with Gasteiger partial charge in [0.15, 0.2) is 0 Å². The Balaban J connectivity index is 1.76. The summed E-state index contributed by atoms with van der Waals surface area (Å²) in [6.07, 6.45) is -9.57. The molecule has 44 heavy (non-hydrogen) atoms. The van der Waals surface area contributed by atoms with E-state index in [1.807, 2.05) is 32.0 Å². The summed E-state index contributed by atoms with van der Waals surface area (Å²) in [5, 5.41) is 19.6. The molecular formula is C31H37F6N3O4. The van der Waals surface area contributed by atoms with E-state index < -0.39 is 53.1 Å². The molecule has 0 aliphatic carbocycles. The summed E-state index contributed by atoms with van der Waals surface area (Å²) in [4.78, 5) is 32.2. The molecule has 0 radical (unpaired) electrons. The maximum Gasteiger partial charge on any atom is 0.416 e. The van der Waals surface area contributed by atoms with Gasteiger partial charge in [0.1, 0.15) is 0 Å². The number of alkyl halides is 6. The van der Waals surface area contributed by atoms with Crippen LogP contribution in [0.25, 0.3) is 0 Å². The Morgan fingerprint density at radius 3 is 2.05 bits per heavy atom. The molecule has 4 rings (SSSR count). The summed E-state index contributed by atoms with van der Waals surface area (Å²) in [7, 11) is 1.33. The zero-order chi connectivity index (χ0) is 32.8. The first-order valence-corrected chi connectivity index (χ1v) is 14.4. The van der Waals surface area contributed by atoms with Crippen LogP contribution < -0.4 is 0 Å². The molecule has 0 unspecified atom stereocenters. The van der Waals surface area contributed by atoms with Crippen molar-refractivity contribution >= 4 is 11.9 Å². The molecule has 2 aliphatic rings. The Morgan fingerprint density at radius 1 is 0.977 bits per heavy atom. The number of aliphatic hydroxyl groups excluding tert-OH is 2. The Bertz CT molecular complexity index is 1360. The number of halogens is 6. The van der Waals surface area contributed by atoms with Crippen LogP contribution in [0.4, 0.5) is 31.1 Å². The number of aryl methyl sites for hydroxylation is 2. The van der Waals surface area contributed by atoms with Crippen LogP contribution in [0.2, 0.25) is 0 Å². The first kappa shape index (κ1) is 33.6. The largest absolute Gasteiger partial charge is 0.416 e. The smallest absolute Gasteiger partial charge is 0.396 e. The molecule has 0 bridgehead atoms. The molecule has 2 fully saturated rings. The Morgan fingerprint density at radius 2 is 1.55 bits per heavy atom. The maximum absolute atomic E-state index is 14.1. The molecule has 0 aromatic heterocycles. The molecule has 2 aliphatic heterocycles. The second kappa shape index (κ2) is 12.2. The highest BCUT2D eigenvalue weighted by Gasteiger charge is 2.56. The lowest BCUT2D eigenvalue weighted by atomic mass is 9.77. The minimum absolute atomic E-state index is 0.0512. The van der Waals surface area contributed by atoms with Gasteiger partial charge in [-0.25, -0.2) is 4.79 Å². The van der Waals surface area contributed by atoms with Gasteiger partial charge < -0.3 is 24.9 Å². The zero-order valence-corrected chi connectivity index (χ0v) is 25.0. The molecule has 3 atom stereocenters. The molecule has 0 saturated carbocycles. The third-order valence-corrected chi connectivity index (χ3v) is 9.14. The van der Waals surface area contributed by atoms with Crippen molar-refractivity contribution in [2.24, 2.45) is 5.41 Å². The lowest BCUT2D eigenvalue weighted by molar-refractivity contribution is -0.143. The van der Waals surface area contributed by atoms with Crippen LogP contribution in [-0.4, -0.2) is 76.2 Å². The van der Waals surface area contributed by atoms with Gasteiger partial charge in [-0.3, -0.25) is 4.79 Å². The summed E-state index contributed by atoms with van der Waals surface area (Å²) >= 11 is 0. The van der Waals surface area contributed by atoms with E-state index in [9.17, 15) is 46.1 Å². The second-order valence-electron chi connectivity index (χ2n) is 11.9. The average Bonchev–Trinajstić information content (AvgIpc) is 3.21. The standard InChI is InChI=1S/C31H37F6N3O4/c1-18-5-6-24(19(2)13-18)26-25-17-29(7-11-41,8-12-42)27(43)39(25)9-10-40(26)28(44)38(4)20(3)21-14-22(30(32,33)34)16-23(15-21)31(35,36)37/h5-6,13-16,20,25-26,41-42H,7-12,17H2,1-4H3/t20-,25+,26+/m1/s1. The monoisotopic (exact) mass is 629 g/mol. The zero-order valence-electron chi connectivity index (χ0n) is 25.0. The Kier molecular flexibility index (Phi) is 9.33. The highest BCUT2D eigenvalue weighted by molar-refractivity contribution is 5.86. The number of rotatable bonds is 7. The molecule has 7 nitrogen and oxygen atoms in total. The number of piperazine rings is 1. The van der Waals surface area contributed by atoms with E-state index in [-0.39, 0.29) is 63.1 Å². The van der Waals surface area contributed by atoms with Gasteiger partial charge in [0.2, 0.25) is 5.91 Å². The van der Waals surface area contributed by atoms with Gasteiger partial charge in [0.25, 0.3) is 0 Å². The van der Waals surface area contributed by atoms with Gasteiger partial charge >= 0.3 is 18.4 Å². The number of hydrogen-bond acceptors (Lipinski definition) is 4. The minimum atomic E-state index is -5.03. The van der Waals surface area contributed by atoms with Crippen LogP contribution >= 0.6 is 0 Å². The molecular weight excluding hydrogens is 592 g/mol. The highest BCUT2D eigenvalue weighted by Crippen LogP contribution is 2.49. The molecule has 3 amide bonds. The number of carbonyl (C=O) groups excluding carboxylic acids is 2. The number of nitrogens with zero attached hydrogens (tertiary/aromatic N) is 3. The van der Waals surface area contributed by atoms with Crippen molar-refractivity contribution in [2.45, 2.75) is 70.5 Å². The van der Waals surface area contributed by atoms with E-state index in [0.717, 1.165) is 21.6 Å². The normalized spacial score (nSPS) is 21.0. The fourth-order valence-electron chi connectivity index (χ4n) is 6.70. The highest BCUT2D eigenvalue weighted by atomic mass is 19.4. The van der Waals surface area contributed by atoms with Crippen LogP contribution in [0.15, 0.2) is 36.4 Å². The quantitative estimate of drug-likeness (QED) is 0.376. The van der Waals surface area contributed by atoms with Crippen molar-refractivity contribution in [1.82, 2.24) is 14.7 Å². The third kappa shape index (κ3) is 6.26. The van der Waals surface area contributed by atoms with Crippen molar-refractivity contribution in [3.63, 3.8) is 0 Å². The van der Waals surface area contributed by atoms with Gasteiger partial charge in [-0.05, 0) is 74.9 Å². The molecule has 2 heterocycles. The number of benzene rings is 2. The Hall–Kier alpha value is -3.32. The summed E-state index contributed by atoms with van der Waals surface area (Å²) in [5.74, 6) is -0.224. The lowest BCUT2D eigenvalue weighted by Gasteiger charge is -2.47. The third-order valence-electron chi connectivity index (χ3n) is 9.14. The number of urea groups is 1. The molecule has 242 valence electrons. The second-order valence-corrected chi connectivity index (χ2v) is 11.9. The van der Waals surface area contributed by atoms with E-state index in [1.54, 1.807) is 4.90 Å². The first-order chi connectivity index (χ1) is 20.4. The fourth-order valence-corrected chi connectivity index (χ4v) is 6.70. The fraction of sp³-hybridized carbons (Fsp3) is 0.548. The molecule has 0 spiro atoms. The van der Waals surface area contributed by atoms with Gasteiger partial charge in [-0.15, -0.1) is 0 Å². The predicted molar refractivity (Wildman–Crippen MR) is 149 cm³/mol. The topological polar surface area (TPSA) is 84.3 Å². The van der Waals surface area contributed by atoms with Crippen LogP contribution in [0, 0.1) is 19.3 Å². The van der Waals surface area contributed by atoms with Gasteiger partial charge in [-0.1, -0.05) is 23.8 Å². The summed E-state index contributed by atoms with van der Waals surface area (Å²) in [6.45, 7) is 4.77. The number of fused-ring (bicyclic) bond motifs is 1. The number of carbonyl (C=O) groups is 2. The lowest BCUT2D eigenvalue weighted by Crippen LogP contribution is -2.57. The van der Waals surface area contributed by atoms with Crippen LogP contribution in [0.5, 0.6) is 0 Å². The number of hydrogen-bond donors (Lipinski definition) is 2. The van der Waals surface area contributed by atoms with Crippen molar-refractivity contribution < 1.29 is 46.1 Å². The van der Waals surface area contributed by atoms with E-state index in [0.29, 0.717) is 12.1 Å². The summed E-state index contributed by atoms with van der Waals surface area (Å²) in [5.41, 5.74) is -1.75. The van der Waals surface area contributed by atoms with E-state index in [1.165, 1.54) is 18.9 Å². The van der Waals surface area contributed by atoms with Crippen LogP contribution in [-0.2, 0) is 17.1 Å². The predicted octanol–water partition coefficient (Wildman–Crippen LogP) is 5.86. The van der Waals surface area contributed by atoms with E-state index in [2.05, 4.69) is 0 Å². The van der Waals surface area contributed by atoms with E-state index >= 15 is 0 Å². The summed E-state index contributed by atoms with van der Waals surface area (Å²) < 4.78 is 81.4. The van der Waals surface area contributed by atoms with E-state index in [4.69, 9.17) is 0 Å². The van der Waals surface area contributed by atoms with Crippen LogP contribution in [0.3, 0.4) is 0 Å². The molecule has 13 heteroatoms. The van der Waals surface area contributed by atoms with Gasteiger partial charge in [0, 0.05) is 33.4 Å².